The summed E-state index contributed by atoms with van der Waals surface area (Å²) in [6.45, 7) is 5.13. The van der Waals surface area contributed by atoms with Crippen LogP contribution in [-0.2, 0) is 4.79 Å². The summed E-state index contributed by atoms with van der Waals surface area (Å²) < 4.78 is 0. The third-order valence-corrected chi connectivity index (χ3v) is 5.98. The Morgan fingerprint density at radius 2 is 1.42 bits per heavy atom. The van der Waals surface area contributed by atoms with Crippen molar-refractivity contribution in [2.24, 2.45) is 5.92 Å². The maximum absolute atomic E-state index is 13.2. The number of hydrogen-bond donors (Lipinski definition) is 2. The average Bonchev–Trinajstić information content (AvgIpc) is 2.83. The Morgan fingerprint density at radius 1 is 0.903 bits per heavy atom. The fourth-order valence-corrected chi connectivity index (χ4v) is 3.80. The van der Waals surface area contributed by atoms with Crippen molar-refractivity contribution in [2.75, 3.05) is 13.1 Å². The molecule has 0 aromatic heterocycles. The highest BCUT2D eigenvalue weighted by molar-refractivity contribution is 5.97. The Hall–Kier alpha value is -3.15. The summed E-state index contributed by atoms with van der Waals surface area (Å²) in [6, 6.07) is 17.6. The number of nitrogens with zero attached hydrogens (tertiary/aromatic N) is 1. The van der Waals surface area contributed by atoms with Gasteiger partial charge in [0.1, 0.15) is 6.04 Å². The molecule has 2 aromatic carbocycles. The maximum atomic E-state index is 13.2. The molecule has 6 heteroatoms. The molecule has 0 aliphatic carbocycles. The van der Waals surface area contributed by atoms with Crippen LogP contribution in [0.4, 0.5) is 0 Å². The quantitative estimate of drug-likeness (QED) is 0.720. The summed E-state index contributed by atoms with van der Waals surface area (Å²) in [5, 5.41) is 6.01. The standard InChI is InChI=1S/C25H31N3O3/c1-3-18(2)22(27-24(30)20-12-8-5-9-13-20)25(31)28-16-14-21(15-17-28)26-23(29)19-10-6-4-7-11-19/h4-13,18,21-22H,3,14-17H2,1-2H3,(H,26,29)(H,27,30)/t18-,22-/m0/s1. The van der Waals surface area contributed by atoms with E-state index in [0.717, 1.165) is 6.42 Å². The monoisotopic (exact) mass is 421 g/mol. The zero-order chi connectivity index (χ0) is 22.2. The van der Waals surface area contributed by atoms with Crippen LogP contribution in [0.1, 0.15) is 53.8 Å². The molecule has 1 fully saturated rings. The van der Waals surface area contributed by atoms with Gasteiger partial charge in [0.05, 0.1) is 0 Å². The fraction of sp³-hybridized carbons (Fsp3) is 0.400. The third-order valence-electron chi connectivity index (χ3n) is 5.98. The second kappa shape index (κ2) is 10.8. The SMILES string of the molecule is CC[C@H](C)[C@H](NC(=O)c1ccccc1)C(=O)N1CCC(NC(=O)c2ccccc2)CC1. The minimum absolute atomic E-state index is 0.0238. The van der Waals surface area contributed by atoms with E-state index in [1.165, 1.54) is 0 Å². The second-order valence-electron chi connectivity index (χ2n) is 8.14. The number of nitrogens with one attached hydrogen (secondary N) is 2. The Morgan fingerprint density at radius 3 is 1.94 bits per heavy atom. The van der Waals surface area contributed by atoms with Crippen molar-refractivity contribution in [3.8, 4) is 0 Å². The van der Waals surface area contributed by atoms with Crippen molar-refractivity contribution in [1.29, 1.82) is 0 Å². The molecule has 0 saturated carbocycles. The molecule has 31 heavy (non-hydrogen) atoms. The lowest BCUT2D eigenvalue weighted by atomic mass is 9.95. The zero-order valence-electron chi connectivity index (χ0n) is 18.2. The molecular weight excluding hydrogens is 390 g/mol. The molecule has 1 aliphatic heterocycles. The van der Waals surface area contributed by atoms with Crippen molar-refractivity contribution >= 4 is 17.7 Å². The molecule has 2 aromatic rings. The van der Waals surface area contributed by atoms with Crippen LogP contribution in [0.25, 0.3) is 0 Å². The summed E-state index contributed by atoms with van der Waals surface area (Å²) in [7, 11) is 0. The predicted octanol–water partition coefficient (Wildman–Crippen LogP) is 3.25. The first-order chi connectivity index (χ1) is 15.0. The highest BCUT2D eigenvalue weighted by atomic mass is 16.2. The average molecular weight is 422 g/mol. The molecule has 3 amide bonds. The molecule has 0 spiro atoms. The van der Waals surface area contributed by atoms with Crippen LogP contribution in [0.2, 0.25) is 0 Å². The summed E-state index contributed by atoms with van der Waals surface area (Å²) >= 11 is 0. The molecule has 164 valence electrons. The van der Waals surface area contributed by atoms with Crippen LogP contribution >= 0.6 is 0 Å². The van der Waals surface area contributed by atoms with E-state index in [4.69, 9.17) is 0 Å². The normalized spacial score (nSPS) is 16.3. The molecule has 2 atom stereocenters. The third kappa shape index (κ3) is 5.94. The Kier molecular flexibility index (Phi) is 7.82. The van der Waals surface area contributed by atoms with Crippen molar-refractivity contribution in [2.45, 2.75) is 45.2 Å². The predicted molar refractivity (Wildman–Crippen MR) is 121 cm³/mol. The van der Waals surface area contributed by atoms with Crippen LogP contribution < -0.4 is 10.6 Å². The molecule has 6 nitrogen and oxygen atoms in total. The van der Waals surface area contributed by atoms with Crippen molar-refractivity contribution in [3.05, 3.63) is 71.8 Å². The number of carbonyl (C=O) groups is 3. The first-order valence-electron chi connectivity index (χ1n) is 11.0. The topological polar surface area (TPSA) is 78.5 Å². The van der Waals surface area contributed by atoms with Gasteiger partial charge in [-0.3, -0.25) is 14.4 Å². The van der Waals surface area contributed by atoms with Gasteiger partial charge in [0.25, 0.3) is 11.8 Å². The summed E-state index contributed by atoms with van der Waals surface area (Å²) in [5.41, 5.74) is 1.19. The lowest BCUT2D eigenvalue weighted by Crippen LogP contribution is -2.55. The van der Waals surface area contributed by atoms with E-state index in [-0.39, 0.29) is 29.7 Å². The van der Waals surface area contributed by atoms with Gasteiger partial charge in [0.2, 0.25) is 5.91 Å². The first-order valence-corrected chi connectivity index (χ1v) is 11.0. The van der Waals surface area contributed by atoms with Crippen LogP contribution in [0.15, 0.2) is 60.7 Å². The molecule has 0 unspecified atom stereocenters. The van der Waals surface area contributed by atoms with Gasteiger partial charge < -0.3 is 15.5 Å². The van der Waals surface area contributed by atoms with Gasteiger partial charge in [-0.05, 0) is 43.0 Å². The number of likely N-dealkylation sites (tertiary alicyclic amines) is 1. The van der Waals surface area contributed by atoms with Crippen LogP contribution in [-0.4, -0.2) is 47.8 Å². The number of amides is 3. The minimum atomic E-state index is -0.562. The fourth-order valence-electron chi connectivity index (χ4n) is 3.80. The van der Waals surface area contributed by atoms with Crippen LogP contribution in [0.3, 0.4) is 0 Å². The largest absolute Gasteiger partial charge is 0.349 e. The molecule has 2 N–H and O–H groups in total. The number of rotatable bonds is 7. The number of benzene rings is 2. The van der Waals surface area contributed by atoms with Crippen molar-refractivity contribution in [3.63, 3.8) is 0 Å². The van der Waals surface area contributed by atoms with E-state index in [9.17, 15) is 14.4 Å². The van der Waals surface area contributed by atoms with Crippen molar-refractivity contribution in [1.82, 2.24) is 15.5 Å². The van der Waals surface area contributed by atoms with Gasteiger partial charge in [0.15, 0.2) is 0 Å². The molecule has 0 radical (unpaired) electrons. The summed E-state index contributed by atoms with van der Waals surface area (Å²) in [4.78, 5) is 40.1. The highest BCUT2D eigenvalue weighted by Gasteiger charge is 2.32. The van der Waals surface area contributed by atoms with Crippen LogP contribution in [0, 0.1) is 5.92 Å². The summed E-state index contributed by atoms with van der Waals surface area (Å²) in [5.74, 6) is -0.343. The van der Waals surface area contributed by atoms with E-state index in [0.29, 0.717) is 37.1 Å². The zero-order valence-corrected chi connectivity index (χ0v) is 18.2. The first kappa shape index (κ1) is 22.5. The Balaban J connectivity index is 1.57. The number of piperidine rings is 1. The Labute approximate surface area is 184 Å². The minimum Gasteiger partial charge on any atom is -0.349 e. The number of hydrogen-bond acceptors (Lipinski definition) is 3. The van der Waals surface area contributed by atoms with E-state index < -0.39 is 6.04 Å². The van der Waals surface area contributed by atoms with E-state index in [1.807, 2.05) is 55.1 Å². The highest BCUT2D eigenvalue weighted by Crippen LogP contribution is 2.17. The Bertz CT molecular complexity index is 877. The van der Waals surface area contributed by atoms with Gasteiger partial charge in [-0.25, -0.2) is 0 Å². The van der Waals surface area contributed by atoms with E-state index in [2.05, 4.69) is 10.6 Å². The lowest BCUT2D eigenvalue weighted by Gasteiger charge is -2.36. The number of carbonyl (C=O) groups excluding carboxylic acids is 3. The summed E-state index contributed by atoms with van der Waals surface area (Å²) in [6.07, 6.45) is 2.18. The molecular formula is C25H31N3O3. The van der Waals surface area contributed by atoms with Crippen LogP contribution in [0.5, 0.6) is 0 Å². The molecule has 1 aliphatic rings. The van der Waals surface area contributed by atoms with Gasteiger partial charge in [-0.2, -0.15) is 0 Å². The lowest BCUT2D eigenvalue weighted by molar-refractivity contribution is -0.135. The second-order valence-corrected chi connectivity index (χ2v) is 8.14. The van der Waals surface area contributed by atoms with E-state index in [1.54, 1.807) is 24.3 Å². The van der Waals surface area contributed by atoms with E-state index >= 15 is 0 Å². The molecule has 1 saturated heterocycles. The molecule has 0 bridgehead atoms. The van der Waals surface area contributed by atoms with Gasteiger partial charge >= 0.3 is 0 Å². The molecule has 3 rings (SSSR count). The molecule has 1 heterocycles. The van der Waals surface area contributed by atoms with Gasteiger partial charge in [-0.1, -0.05) is 56.7 Å². The van der Waals surface area contributed by atoms with Crippen molar-refractivity contribution < 1.29 is 14.4 Å². The van der Waals surface area contributed by atoms with Gasteiger partial charge in [0, 0.05) is 30.3 Å². The van der Waals surface area contributed by atoms with Gasteiger partial charge in [-0.15, -0.1) is 0 Å². The smallest absolute Gasteiger partial charge is 0.251 e. The maximum Gasteiger partial charge on any atom is 0.251 e.